The van der Waals surface area contributed by atoms with Crippen molar-refractivity contribution in [2.75, 3.05) is 14.1 Å². The molecule has 152 valence electrons. The Bertz CT molecular complexity index is 1040. The molecule has 4 heterocycles. The van der Waals surface area contributed by atoms with Gasteiger partial charge in [0.2, 0.25) is 0 Å². The van der Waals surface area contributed by atoms with Gasteiger partial charge in [0.25, 0.3) is 0 Å². The Kier molecular flexibility index (Phi) is 5.49. The van der Waals surface area contributed by atoms with Crippen LogP contribution in [-0.4, -0.2) is 36.6 Å². The van der Waals surface area contributed by atoms with Gasteiger partial charge in [0, 0.05) is 28.7 Å². The third kappa shape index (κ3) is 3.71. The molecule has 2 unspecified atom stereocenters. The molecule has 0 amide bonds. The van der Waals surface area contributed by atoms with Crippen LogP contribution in [0.5, 0.6) is 0 Å². The summed E-state index contributed by atoms with van der Waals surface area (Å²) in [5.41, 5.74) is 6.07. The van der Waals surface area contributed by atoms with Crippen molar-refractivity contribution >= 4 is 35.4 Å². The predicted molar refractivity (Wildman–Crippen MR) is 126 cm³/mol. The van der Waals surface area contributed by atoms with E-state index >= 15 is 0 Å². The molecule has 2 atom stereocenters. The van der Waals surface area contributed by atoms with Crippen molar-refractivity contribution in [3.8, 4) is 0 Å². The number of aryl methyl sites for hydroxylation is 3. The zero-order chi connectivity index (χ0) is 20.7. The van der Waals surface area contributed by atoms with Crippen molar-refractivity contribution in [1.29, 1.82) is 0 Å². The van der Waals surface area contributed by atoms with Crippen molar-refractivity contribution in [2.24, 2.45) is 9.98 Å². The maximum Gasteiger partial charge on any atom is 0.0918 e. The van der Waals surface area contributed by atoms with E-state index in [4.69, 9.17) is 9.98 Å². The number of likely N-dealkylation sites (N-methyl/N-ethyl adjacent to an activating group) is 2. The van der Waals surface area contributed by atoms with Crippen LogP contribution in [0.4, 0.5) is 0 Å². The van der Waals surface area contributed by atoms with Crippen LogP contribution >= 0.6 is 22.7 Å². The molecule has 0 bridgehead atoms. The summed E-state index contributed by atoms with van der Waals surface area (Å²) in [4.78, 5) is 18.0. The van der Waals surface area contributed by atoms with Gasteiger partial charge < -0.3 is 9.80 Å². The van der Waals surface area contributed by atoms with Crippen LogP contribution < -0.4 is 0 Å². The predicted octanol–water partition coefficient (Wildman–Crippen LogP) is 5.79. The summed E-state index contributed by atoms with van der Waals surface area (Å²) in [6.07, 6.45) is 9.45. The molecule has 6 heteroatoms. The molecule has 2 aromatic heterocycles. The molecule has 0 spiro atoms. The minimum Gasteiger partial charge on any atom is -0.354 e. The van der Waals surface area contributed by atoms with Crippen LogP contribution in [-0.2, 0) is 6.42 Å². The maximum atomic E-state index is 4.72. The molecule has 2 aliphatic rings. The van der Waals surface area contributed by atoms with E-state index in [-0.39, 0.29) is 12.1 Å². The summed E-state index contributed by atoms with van der Waals surface area (Å²) >= 11 is 3.72. The van der Waals surface area contributed by atoms with Gasteiger partial charge in [0.05, 0.1) is 36.2 Å². The molecule has 2 aliphatic heterocycles. The molecular weight excluding hydrogens is 396 g/mol. The standard InChI is InChI=1S/C23H28N4S2/c1-7-17-8-15(3)29-23(17)21-10-19(25-13-27(21)6)18-9-20(26(5)12-24-18)22-16(4)14(2)11-28-22/h8-13,20-21H,7H2,1-6H3. The van der Waals surface area contributed by atoms with Crippen LogP contribution in [0.25, 0.3) is 0 Å². The molecule has 0 radical (unpaired) electrons. The van der Waals surface area contributed by atoms with Gasteiger partial charge in [-0.3, -0.25) is 0 Å². The number of thiophene rings is 2. The Balaban J connectivity index is 1.71. The van der Waals surface area contributed by atoms with Crippen LogP contribution in [0.2, 0.25) is 0 Å². The highest BCUT2D eigenvalue weighted by Gasteiger charge is 2.26. The second-order valence-electron chi connectivity index (χ2n) is 7.82. The van der Waals surface area contributed by atoms with Crippen molar-refractivity contribution in [3.63, 3.8) is 0 Å². The third-order valence-electron chi connectivity index (χ3n) is 5.74. The Hall–Kier alpha value is -2.18. The van der Waals surface area contributed by atoms with E-state index in [1.54, 1.807) is 0 Å². The van der Waals surface area contributed by atoms with Gasteiger partial charge in [-0.2, -0.15) is 0 Å². The van der Waals surface area contributed by atoms with Crippen LogP contribution in [0.1, 0.15) is 50.3 Å². The van der Waals surface area contributed by atoms with E-state index in [0.717, 1.165) is 17.8 Å². The fourth-order valence-corrected chi connectivity index (χ4v) is 6.25. The average Bonchev–Trinajstić information content (AvgIpc) is 3.25. The van der Waals surface area contributed by atoms with Crippen molar-refractivity contribution in [1.82, 2.24) is 9.80 Å². The van der Waals surface area contributed by atoms with Crippen LogP contribution in [0.3, 0.4) is 0 Å². The minimum atomic E-state index is 0.200. The SMILES string of the molecule is CCc1cc(C)sc1C1C=C(C2=CC(c3scc(C)c3C)N(C)C=N2)N=CN1C. The summed E-state index contributed by atoms with van der Waals surface area (Å²) in [5, 5.41) is 2.24. The van der Waals surface area contributed by atoms with Gasteiger partial charge >= 0.3 is 0 Å². The largest absolute Gasteiger partial charge is 0.354 e. The van der Waals surface area contributed by atoms with Crippen LogP contribution in [0, 0.1) is 20.8 Å². The number of rotatable bonds is 4. The van der Waals surface area contributed by atoms with E-state index in [0.29, 0.717) is 0 Å². The van der Waals surface area contributed by atoms with Crippen molar-refractivity contribution in [2.45, 2.75) is 46.2 Å². The molecule has 0 saturated carbocycles. The Morgan fingerprint density at radius 1 is 0.931 bits per heavy atom. The third-order valence-corrected chi connectivity index (χ3v) is 8.17. The highest BCUT2D eigenvalue weighted by molar-refractivity contribution is 7.12. The summed E-state index contributed by atoms with van der Waals surface area (Å²) < 4.78 is 0. The smallest absolute Gasteiger partial charge is 0.0918 e. The van der Waals surface area contributed by atoms with Gasteiger partial charge in [-0.1, -0.05) is 6.92 Å². The molecule has 2 aromatic rings. The lowest BCUT2D eigenvalue weighted by Gasteiger charge is -2.30. The molecule has 0 fully saturated rings. The summed E-state index contributed by atoms with van der Waals surface area (Å²) in [6, 6.07) is 2.72. The van der Waals surface area contributed by atoms with E-state index in [2.05, 4.69) is 75.2 Å². The topological polar surface area (TPSA) is 31.2 Å². The first-order valence-electron chi connectivity index (χ1n) is 9.99. The Morgan fingerprint density at radius 2 is 1.52 bits per heavy atom. The lowest BCUT2D eigenvalue weighted by atomic mass is 10.0. The first kappa shape index (κ1) is 20.1. The summed E-state index contributed by atoms with van der Waals surface area (Å²) in [6.45, 7) is 8.81. The average molecular weight is 425 g/mol. The first-order valence-corrected chi connectivity index (χ1v) is 11.7. The molecule has 4 nitrogen and oxygen atoms in total. The van der Waals surface area contributed by atoms with Crippen molar-refractivity contribution in [3.05, 3.63) is 66.3 Å². The second kappa shape index (κ2) is 7.92. The summed E-state index contributed by atoms with van der Waals surface area (Å²) in [5.74, 6) is 0. The molecule has 29 heavy (non-hydrogen) atoms. The van der Waals surface area contributed by atoms with E-state index < -0.39 is 0 Å². The highest BCUT2D eigenvalue weighted by Crippen LogP contribution is 2.38. The molecule has 0 N–H and O–H groups in total. The van der Waals surface area contributed by atoms with Gasteiger partial charge in [-0.25, -0.2) is 9.98 Å². The van der Waals surface area contributed by atoms with E-state index in [1.165, 1.54) is 31.3 Å². The van der Waals surface area contributed by atoms with Gasteiger partial charge in [-0.05, 0) is 67.5 Å². The maximum absolute atomic E-state index is 4.72. The highest BCUT2D eigenvalue weighted by atomic mass is 32.1. The zero-order valence-electron chi connectivity index (χ0n) is 17.9. The summed E-state index contributed by atoms with van der Waals surface area (Å²) in [7, 11) is 4.19. The fourth-order valence-electron chi connectivity index (χ4n) is 3.82. The monoisotopic (exact) mass is 424 g/mol. The van der Waals surface area contributed by atoms with Gasteiger partial charge in [-0.15, -0.1) is 22.7 Å². The van der Waals surface area contributed by atoms with Crippen molar-refractivity contribution < 1.29 is 0 Å². The number of aliphatic imine (C=N–C) groups is 2. The molecular formula is C23H28N4S2. The molecule has 4 rings (SSSR count). The number of nitrogens with zero attached hydrogens (tertiary/aromatic N) is 4. The number of hydrogen-bond acceptors (Lipinski definition) is 6. The molecule has 0 aromatic carbocycles. The van der Waals surface area contributed by atoms with E-state index in [9.17, 15) is 0 Å². The molecule has 0 aliphatic carbocycles. The van der Waals surface area contributed by atoms with E-state index in [1.807, 2.05) is 35.4 Å². The Morgan fingerprint density at radius 3 is 2.03 bits per heavy atom. The number of hydrogen-bond donors (Lipinski definition) is 0. The Labute approximate surface area is 181 Å². The molecule has 0 saturated heterocycles. The van der Waals surface area contributed by atoms with Crippen LogP contribution in [0.15, 0.2) is 45.0 Å². The second-order valence-corrected chi connectivity index (χ2v) is 10.0. The van der Waals surface area contributed by atoms with Gasteiger partial charge in [0.15, 0.2) is 0 Å². The lowest BCUT2D eigenvalue weighted by molar-refractivity contribution is 0.440. The minimum absolute atomic E-state index is 0.200. The first-order chi connectivity index (χ1) is 13.9. The van der Waals surface area contributed by atoms with Gasteiger partial charge in [0.1, 0.15) is 0 Å². The normalized spacial score (nSPS) is 21.6. The quantitative estimate of drug-likeness (QED) is 0.621. The zero-order valence-corrected chi connectivity index (χ0v) is 19.6. The fraction of sp³-hybridized carbons (Fsp3) is 0.391. The lowest BCUT2D eigenvalue weighted by Crippen LogP contribution is -2.27.